The molecule has 0 spiro atoms. The average Bonchev–Trinajstić information content (AvgIpc) is 3.83. The van der Waals surface area contributed by atoms with Crippen molar-refractivity contribution in [2.45, 2.75) is 116 Å². The lowest BCUT2D eigenvalue weighted by atomic mass is 9.85. The number of rotatable bonds is 14. The summed E-state index contributed by atoms with van der Waals surface area (Å²) in [5.41, 5.74) is -0.891. The van der Waals surface area contributed by atoms with Gasteiger partial charge >= 0.3 is 18.8 Å². The molecular formula is C41H50ClN7O8S. The van der Waals surface area contributed by atoms with Crippen LogP contribution >= 0.6 is 22.9 Å². The topological polar surface area (TPSA) is 186 Å². The summed E-state index contributed by atoms with van der Waals surface area (Å²) in [7, 11) is 0. The Morgan fingerprint density at radius 2 is 1.83 bits per heavy atom. The molecule has 1 aromatic carbocycles. The Kier molecular flexibility index (Phi) is 11.4. The van der Waals surface area contributed by atoms with Crippen LogP contribution < -0.4 is 25.4 Å². The second kappa shape index (κ2) is 16.1. The van der Waals surface area contributed by atoms with Crippen LogP contribution in [0.2, 0.25) is 5.02 Å². The number of halogens is 1. The van der Waals surface area contributed by atoms with Crippen molar-refractivity contribution < 1.29 is 38.5 Å². The molecular weight excluding hydrogens is 786 g/mol. The Balaban J connectivity index is 1.21. The van der Waals surface area contributed by atoms with Crippen LogP contribution in [0.3, 0.4) is 0 Å². The number of anilines is 1. The Morgan fingerprint density at radius 1 is 1.09 bits per heavy atom. The van der Waals surface area contributed by atoms with Crippen molar-refractivity contribution in [2.75, 3.05) is 18.6 Å². The van der Waals surface area contributed by atoms with Crippen LogP contribution in [0, 0.1) is 29.7 Å². The number of aromatic nitrogens is 2. The van der Waals surface area contributed by atoms with E-state index in [0.717, 1.165) is 12.8 Å². The van der Waals surface area contributed by atoms with Gasteiger partial charge in [0.15, 0.2) is 5.13 Å². The van der Waals surface area contributed by atoms with E-state index in [1.165, 1.54) is 22.7 Å². The molecule has 7 rings (SSSR count). The molecule has 4 N–H and O–H groups in total. The van der Waals surface area contributed by atoms with Crippen LogP contribution in [-0.2, 0) is 19.1 Å². The number of carbonyl (C=O) groups is 4. The van der Waals surface area contributed by atoms with Crippen LogP contribution in [0.1, 0.15) is 80.1 Å². The molecule has 4 fully saturated rings. The minimum atomic E-state index is -1.43. The molecule has 3 amide bonds. The standard InChI is InChI=1S/C41H50ClN7O8S/c1-8-23-16-41(23,37(52)53)48-35(50)29-14-25(17-49(29)36(51)34(40(4,5)6)47-39(54)57-24-12-21-11-22(21)13-24)56-31-15-27(28-18-58-38(46-28)44-20(2)3)45-33-26(31)9-10-30(32(33)42)55-19-43-7/h9-10,15,18,20-25,29,34H,8,11-14,16-17,19H2,1-6H3,(H,44,46)(H,47,54)(H,48,50)(H,52,53)/t21-,22?,23+,24?,25-,29-,34-,41?/m0/s1. The number of nitrogens with zero attached hydrogens (tertiary/aromatic N) is 4. The SMILES string of the molecule is [C-]#[N+]COc1ccc2c(O[C@H]3C[C@@H](C(=O)NC4(C(=O)O)C[C@H]4CC)N(C(=O)[C@H](NC(=O)OC4CC5C[C@H]5C4)C(C)(C)C)C3)cc(-c3csc(NC(C)C)n3)nc2c1Cl. The number of carboxylic acids is 1. The fourth-order valence-corrected chi connectivity index (χ4v) is 9.49. The first kappa shape index (κ1) is 41.3. The van der Waals surface area contributed by atoms with E-state index in [9.17, 15) is 24.3 Å². The fraction of sp³-hybridized carbons (Fsp3) is 0.585. The van der Waals surface area contributed by atoms with Crippen molar-refractivity contribution in [1.82, 2.24) is 25.5 Å². The number of alkyl carbamates (subject to hydrolysis) is 1. The molecule has 1 saturated heterocycles. The molecule has 0 radical (unpaired) electrons. The highest BCUT2D eigenvalue weighted by atomic mass is 35.5. The van der Waals surface area contributed by atoms with Gasteiger partial charge in [-0.15, -0.1) is 11.3 Å². The number of carboxylic acid groups (broad SMARTS) is 1. The number of pyridine rings is 1. The number of benzene rings is 1. The van der Waals surface area contributed by atoms with Gasteiger partial charge in [0.25, 0.3) is 0 Å². The van der Waals surface area contributed by atoms with Gasteiger partial charge in [-0.25, -0.2) is 26.1 Å². The first-order valence-corrected chi connectivity index (χ1v) is 21.1. The zero-order valence-corrected chi connectivity index (χ0v) is 35.0. The van der Waals surface area contributed by atoms with Crippen molar-refractivity contribution in [3.05, 3.63) is 40.0 Å². The van der Waals surface area contributed by atoms with E-state index in [1.807, 2.05) is 46.9 Å². The van der Waals surface area contributed by atoms with Gasteiger partial charge in [-0.05, 0) is 74.8 Å². The maximum atomic E-state index is 14.7. The number of hydrogen-bond acceptors (Lipinski definition) is 11. The molecule has 2 aromatic heterocycles. The molecule has 3 aromatic rings. The van der Waals surface area contributed by atoms with Crippen molar-refractivity contribution in [1.29, 1.82) is 0 Å². The van der Waals surface area contributed by atoms with Crippen molar-refractivity contribution in [2.24, 2.45) is 23.2 Å². The Bertz CT molecular complexity index is 2140. The summed E-state index contributed by atoms with van der Waals surface area (Å²) in [5.74, 6) is -0.706. The van der Waals surface area contributed by atoms with Crippen molar-refractivity contribution in [3.8, 4) is 22.9 Å². The maximum Gasteiger partial charge on any atom is 0.408 e. The first-order chi connectivity index (χ1) is 27.5. The molecule has 4 aliphatic rings. The predicted molar refractivity (Wildman–Crippen MR) is 218 cm³/mol. The molecule has 8 atom stereocenters. The molecule has 58 heavy (non-hydrogen) atoms. The highest BCUT2D eigenvalue weighted by Gasteiger charge is 2.61. The third-order valence-electron chi connectivity index (χ3n) is 11.6. The van der Waals surface area contributed by atoms with Crippen LogP contribution in [0.25, 0.3) is 27.1 Å². The number of fused-ring (bicyclic) bond motifs is 2. The number of likely N-dealkylation sites (tertiary alicyclic amines) is 1. The lowest BCUT2D eigenvalue weighted by Crippen LogP contribution is -2.59. The Labute approximate surface area is 346 Å². The second-order valence-electron chi connectivity index (χ2n) is 17.3. The number of carbonyl (C=O) groups excluding carboxylic acids is 3. The molecule has 15 nitrogen and oxygen atoms in total. The van der Waals surface area contributed by atoms with E-state index in [2.05, 4.69) is 20.8 Å². The molecule has 17 heteroatoms. The van der Waals surface area contributed by atoms with Crippen LogP contribution in [0.5, 0.6) is 11.5 Å². The fourth-order valence-electron chi connectivity index (χ4n) is 8.38. The van der Waals surface area contributed by atoms with E-state index >= 15 is 0 Å². The lowest BCUT2D eigenvalue weighted by Gasteiger charge is -2.35. The van der Waals surface area contributed by atoms with Gasteiger partial charge in [-0.1, -0.05) is 45.7 Å². The number of aliphatic carboxylic acids is 1. The smallest absolute Gasteiger partial charge is 0.408 e. The monoisotopic (exact) mass is 835 g/mol. The summed E-state index contributed by atoms with van der Waals surface area (Å²) in [6.45, 7) is 18.2. The van der Waals surface area contributed by atoms with Gasteiger partial charge in [-0.3, -0.25) is 14.4 Å². The number of thiazole rings is 1. The summed E-state index contributed by atoms with van der Waals surface area (Å²) in [5, 5.41) is 22.3. The summed E-state index contributed by atoms with van der Waals surface area (Å²) in [6.07, 6.45) is 2.00. The number of amides is 3. The Hall–Kier alpha value is -4.88. The largest absolute Gasteiger partial charge is 0.488 e. The van der Waals surface area contributed by atoms with Gasteiger partial charge < -0.3 is 40.2 Å². The van der Waals surface area contributed by atoms with Gasteiger partial charge in [0.1, 0.15) is 52.0 Å². The number of ether oxygens (including phenoxy) is 3. The minimum absolute atomic E-state index is 0.0223. The summed E-state index contributed by atoms with van der Waals surface area (Å²) in [4.78, 5) is 68.9. The maximum absolute atomic E-state index is 14.7. The molecule has 0 bridgehead atoms. The average molecular weight is 836 g/mol. The van der Waals surface area contributed by atoms with Gasteiger partial charge in [-0.2, -0.15) is 0 Å². The second-order valence-corrected chi connectivity index (χ2v) is 18.5. The van der Waals surface area contributed by atoms with Gasteiger partial charge in [0.2, 0.25) is 11.8 Å². The minimum Gasteiger partial charge on any atom is -0.488 e. The normalized spacial score (nSPS) is 26.4. The van der Waals surface area contributed by atoms with E-state index in [0.29, 0.717) is 51.4 Å². The van der Waals surface area contributed by atoms with Crippen LogP contribution in [0.15, 0.2) is 23.6 Å². The quantitative estimate of drug-likeness (QED) is 0.126. The zero-order chi connectivity index (χ0) is 41.7. The van der Waals surface area contributed by atoms with E-state index in [1.54, 1.807) is 18.2 Å². The van der Waals surface area contributed by atoms with Crippen LogP contribution in [0.4, 0.5) is 9.93 Å². The van der Waals surface area contributed by atoms with Gasteiger partial charge in [0, 0.05) is 29.3 Å². The molecule has 310 valence electrons. The highest BCUT2D eigenvalue weighted by Crippen LogP contribution is 2.52. The molecule has 3 heterocycles. The third kappa shape index (κ3) is 8.47. The van der Waals surface area contributed by atoms with Crippen LogP contribution in [-0.4, -0.2) is 93.0 Å². The first-order valence-electron chi connectivity index (χ1n) is 19.8. The molecule has 3 saturated carbocycles. The molecule has 3 aliphatic carbocycles. The van der Waals surface area contributed by atoms with Crippen molar-refractivity contribution >= 4 is 62.8 Å². The number of nitrogens with one attached hydrogen (secondary N) is 3. The van der Waals surface area contributed by atoms with E-state index in [-0.39, 0.29) is 55.0 Å². The van der Waals surface area contributed by atoms with Gasteiger partial charge in [0.05, 0.1) is 17.8 Å². The summed E-state index contributed by atoms with van der Waals surface area (Å²) >= 11 is 8.26. The van der Waals surface area contributed by atoms with Crippen molar-refractivity contribution in [3.63, 3.8) is 0 Å². The van der Waals surface area contributed by atoms with E-state index < -0.39 is 53.0 Å². The zero-order valence-electron chi connectivity index (χ0n) is 33.5. The molecule has 1 aliphatic heterocycles. The highest BCUT2D eigenvalue weighted by molar-refractivity contribution is 7.14. The summed E-state index contributed by atoms with van der Waals surface area (Å²) < 4.78 is 18.1. The molecule has 3 unspecified atom stereocenters. The predicted octanol–water partition coefficient (Wildman–Crippen LogP) is 6.74. The third-order valence-corrected chi connectivity index (χ3v) is 12.8. The summed E-state index contributed by atoms with van der Waals surface area (Å²) in [6, 6.07) is 3.01. The van der Waals surface area contributed by atoms with E-state index in [4.69, 9.17) is 42.4 Å². The number of hydrogen-bond donors (Lipinski definition) is 4. The lowest BCUT2D eigenvalue weighted by molar-refractivity contribution is -0.146. The Morgan fingerprint density at radius 3 is 2.47 bits per heavy atom.